The maximum Gasteiger partial charge on any atom is 0.252 e. The highest BCUT2D eigenvalue weighted by Gasteiger charge is 2.41. The van der Waals surface area contributed by atoms with Crippen LogP contribution in [0, 0.1) is 0 Å². The SMILES string of the molecule is O=C(Cl)C1(c2ccccc2)SCCCS1. The van der Waals surface area contributed by atoms with E-state index in [0.717, 1.165) is 23.5 Å². The van der Waals surface area contributed by atoms with Crippen LogP contribution in [0.4, 0.5) is 0 Å². The molecule has 15 heavy (non-hydrogen) atoms. The zero-order chi connectivity index (χ0) is 10.7. The van der Waals surface area contributed by atoms with Crippen LogP contribution in [0.1, 0.15) is 12.0 Å². The number of carbonyl (C=O) groups excluding carboxylic acids is 1. The third kappa shape index (κ3) is 2.19. The Kier molecular flexibility index (Phi) is 3.65. The van der Waals surface area contributed by atoms with E-state index in [1.54, 1.807) is 23.5 Å². The maximum atomic E-state index is 11.6. The van der Waals surface area contributed by atoms with Crippen molar-refractivity contribution in [1.29, 1.82) is 0 Å². The molecule has 0 atom stereocenters. The van der Waals surface area contributed by atoms with Gasteiger partial charge < -0.3 is 0 Å². The molecule has 0 saturated carbocycles. The Morgan fingerprint density at radius 3 is 2.33 bits per heavy atom. The van der Waals surface area contributed by atoms with Crippen LogP contribution in [0.2, 0.25) is 0 Å². The van der Waals surface area contributed by atoms with E-state index in [1.807, 2.05) is 30.3 Å². The minimum atomic E-state index is -0.568. The van der Waals surface area contributed by atoms with Crippen molar-refractivity contribution >= 4 is 40.4 Å². The molecule has 1 aliphatic rings. The van der Waals surface area contributed by atoms with Gasteiger partial charge in [-0.25, -0.2) is 0 Å². The monoisotopic (exact) mass is 258 g/mol. The lowest BCUT2D eigenvalue weighted by Crippen LogP contribution is -2.29. The van der Waals surface area contributed by atoms with Crippen LogP contribution in [0.25, 0.3) is 0 Å². The second kappa shape index (κ2) is 4.81. The summed E-state index contributed by atoms with van der Waals surface area (Å²) in [6, 6.07) is 9.81. The maximum absolute atomic E-state index is 11.6. The predicted octanol–water partition coefficient (Wildman–Crippen LogP) is 3.47. The molecule has 4 heteroatoms. The third-order valence-electron chi connectivity index (χ3n) is 2.31. The van der Waals surface area contributed by atoms with Crippen molar-refractivity contribution < 1.29 is 4.79 Å². The van der Waals surface area contributed by atoms with E-state index >= 15 is 0 Å². The van der Waals surface area contributed by atoms with Crippen LogP contribution in [0.5, 0.6) is 0 Å². The fraction of sp³-hybridized carbons (Fsp3) is 0.364. The van der Waals surface area contributed by atoms with Gasteiger partial charge in [-0.05, 0) is 35.1 Å². The van der Waals surface area contributed by atoms with E-state index in [-0.39, 0.29) is 5.24 Å². The van der Waals surface area contributed by atoms with Gasteiger partial charge in [-0.15, -0.1) is 23.5 Å². The molecule has 1 aromatic carbocycles. The molecule has 2 rings (SSSR count). The first-order valence-corrected chi connectivity index (χ1v) is 7.14. The van der Waals surface area contributed by atoms with Crippen molar-refractivity contribution in [2.75, 3.05) is 11.5 Å². The van der Waals surface area contributed by atoms with Gasteiger partial charge in [0, 0.05) is 0 Å². The van der Waals surface area contributed by atoms with Gasteiger partial charge >= 0.3 is 0 Å². The lowest BCUT2D eigenvalue weighted by molar-refractivity contribution is -0.112. The van der Waals surface area contributed by atoms with Crippen LogP contribution in [-0.2, 0) is 8.87 Å². The van der Waals surface area contributed by atoms with Crippen LogP contribution < -0.4 is 0 Å². The predicted molar refractivity (Wildman–Crippen MR) is 68.5 cm³/mol. The van der Waals surface area contributed by atoms with E-state index in [1.165, 1.54) is 0 Å². The highest BCUT2D eigenvalue weighted by Crippen LogP contribution is 2.51. The van der Waals surface area contributed by atoms with Gasteiger partial charge in [0.2, 0.25) is 0 Å². The topological polar surface area (TPSA) is 17.1 Å². The molecule has 1 fully saturated rings. The summed E-state index contributed by atoms with van der Waals surface area (Å²) in [5.41, 5.74) is 1.01. The standard InChI is InChI=1S/C11H11ClOS2/c12-10(13)11(14-7-4-8-15-11)9-5-2-1-3-6-9/h1-3,5-6H,4,7-8H2. The van der Waals surface area contributed by atoms with Crippen molar-refractivity contribution in [3.05, 3.63) is 35.9 Å². The summed E-state index contributed by atoms with van der Waals surface area (Å²) >= 11 is 9.07. The van der Waals surface area contributed by atoms with E-state index in [9.17, 15) is 4.79 Å². The molecular formula is C11H11ClOS2. The zero-order valence-corrected chi connectivity index (χ0v) is 10.5. The summed E-state index contributed by atoms with van der Waals surface area (Å²) in [6.07, 6.45) is 1.15. The van der Waals surface area contributed by atoms with Gasteiger partial charge in [-0.1, -0.05) is 30.3 Å². The summed E-state index contributed by atoms with van der Waals surface area (Å²) in [6.45, 7) is 0. The van der Waals surface area contributed by atoms with Crippen molar-refractivity contribution in [3.8, 4) is 0 Å². The first-order chi connectivity index (χ1) is 7.26. The summed E-state index contributed by atoms with van der Waals surface area (Å²) < 4.78 is -0.568. The lowest BCUT2D eigenvalue weighted by atomic mass is 10.1. The van der Waals surface area contributed by atoms with Crippen molar-refractivity contribution in [2.24, 2.45) is 0 Å². The van der Waals surface area contributed by atoms with Gasteiger partial charge in [-0.2, -0.15) is 0 Å². The van der Waals surface area contributed by atoms with Crippen LogP contribution in [-0.4, -0.2) is 16.7 Å². The molecule has 1 heterocycles. The number of carbonyl (C=O) groups is 1. The number of hydrogen-bond acceptors (Lipinski definition) is 3. The lowest BCUT2D eigenvalue weighted by Gasteiger charge is -2.32. The molecule has 1 aromatic rings. The van der Waals surface area contributed by atoms with E-state index in [4.69, 9.17) is 11.6 Å². The molecule has 1 saturated heterocycles. The van der Waals surface area contributed by atoms with Crippen LogP contribution in [0.15, 0.2) is 30.3 Å². The van der Waals surface area contributed by atoms with Gasteiger partial charge in [0.1, 0.15) is 0 Å². The molecular weight excluding hydrogens is 248 g/mol. The minimum absolute atomic E-state index is 0.261. The molecule has 0 spiro atoms. The van der Waals surface area contributed by atoms with E-state index < -0.39 is 4.08 Å². The average Bonchev–Trinajstić information content (AvgIpc) is 2.31. The minimum Gasteiger partial charge on any atom is -0.278 e. The molecule has 0 radical (unpaired) electrons. The molecule has 1 aliphatic heterocycles. The first-order valence-electron chi connectivity index (χ1n) is 4.79. The van der Waals surface area contributed by atoms with Gasteiger partial charge in [0.15, 0.2) is 4.08 Å². The Labute approximate surface area is 103 Å². The molecule has 80 valence electrons. The van der Waals surface area contributed by atoms with Crippen LogP contribution in [0.3, 0.4) is 0 Å². The number of rotatable bonds is 2. The fourth-order valence-electron chi connectivity index (χ4n) is 1.58. The highest BCUT2D eigenvalue weighted by molar-refractivity contribution is 8.19. The van der Waals surface area contributed by atoms with Crippen molar-refractivity contribution in [2.45, 2.75) is 10.5 Å². The zero-order valence-electron chi connectivity index (χ0n) is 8.11. The molecule has 0 amide bonds. The Morgan fingerprint density at radius 2 is 1.80 bits per heavy atom. The number of halogens is 1. The van der Waals surface area contributed by atoms with Crippen molar-refractivity contribution in [1.82, 2.24) is 0 Å². The summed E-state index contributed by atoms with van der Waals surface area (Å²) in [4.78, 5) is 11.6. The Balaban J connectivity index is 2.38. The molecule has 0 bridgehead atoms. The van der Waals surface area contributed by atoms with E-state index in [2.05, 4.69) is 0 Å². The molecule has 0 aromatic heterocycles. The largest absolute Gasteiger partial charge is 0.278 e. The van der Waals surface area contributed by atoms with Gasteiger partial charge in [0.05, 0.1) is 0 Å². The number of hydrogen-bond donors (Lipinski definition) is 0. The summed E-state index contributed by atoms with van der Waals surface area (Å²) in [5.74, 6) is 2.00. The second-order valence-electron chi connectivity index (χ2n) is 3.31. The highest BCUT2D eigenvalue weighted by atomic mass is 35.5. The fourth-order valence-corrected chi connectivity index (χ4v) is 5.02. The van der Waals surface area contributed by atoms with Gasteiger partial charge in [0.25, 0.3) is 5.24 Å². The first kappa shape index (κ1) is 11.4. The second-order valence-corrected chi connectivity index (χ2v) is 6.53. The van der Waals surface area contributed by atoms with Gasteiger partial charge in [-0.3, -0.25) is 4.79 Å². The quantitative estimate of drug-likeness (QED) is 0.756. The smallest absolute Gasteiger partial charge is 0.252 e. The molecule has 0 unspecified atom stereocenters. The number of thioether (sulfide) groups is 2. The number of benzene rings is 1. The molecule has 0 N–H and O–H groups in total. The summed E-state index contributed by atoms with van der Waals surface area (Å²) in [7, 11) is 0. The third-order valence-corrected chi connectivity index (χ3v) is 6.17. The van der Waals surface area contributed by atoms with Crippen LogP contribution >= 0.6 is 35.1 Å². The molecule has 0 aliphatic carbocycles. The Hall–Kier alpha value is -0.120. The Morgan fingerprint density at radius 1 is 1.20 bits per heavy atom. The normalized spacial score (nSPS) is 19.8. The average molecular weight is 259 g/mol. The van der Waals surface area contributed by atoms with E-state index in [0.29, 0.717) is 0 Å². The van der Waals surface area contributed by atoms with Crippen molar-refractivity contribution in [3.63, 3.8) is 0 Å². The molecule has 1 nitrogen and oxygen atoms in total. The summed E-state index contributed by atoms with van der Waals surface area (Å²) in [5, 5.41) is -0.261. The Bertz CT molecular complexity index is 347.